The van der Waals surface area contributed by atoms with Crippen LogP contribution in [-0.4, -0.2) is 36.0 Å². The molecule has 0 bridgehead atoms. The highest BCUT2D eigenvalue weighted by atomic mass is 19.1. The van der Waals surface area contributed by atoms with Gasteiger partial charge in [-0.3, -0.25) is 4.79 Å². The van der Waals surface area contributed by atoms with Gasteiger partial charge in [0.2, 0.25) is 5.91 Å². The molecule has 136 valence electrons. The van der Waals surface area contributed by atoms with Gasteiger partial charge in [-0.05, 0) is 49.1 Å². The van der Waals surface area contributed by atoms with Crippen molar-refractivity contribution in [1.29, 1.82) is 0 Å². The van der Waals surface area contributed by atoms with Crippen LogP contribution in [0.2, 0.25) is 0 Å². The standard InChI is InChI=1S/C20H22FN3O2/c21-16-8-10-17(11-9-16)23-20(26)24-14-4-7-18(24)19(25)22-13-12-15-5-2-1-3-6-15/h1-3,5-6,8-11,18H,4,7,12-14H2,(H,22,25)(H,23,26)/t18-/m0/s1. The first-order chi connectivity index (χ1) is 12.6. The van der Waals surface area contributed by atoms with Crippen molar-refractivity contribution in [3.63, 3.8) is 0 Å². The molecule has 0 aromatic heterocycles. The van der Waals surface area contributed by atoms with Crippen LogP contribution in [0.3, 0.4) is 0 Å². The van der Waals surface area contributed by atoms with Crippen LogP contribution in [0.5, 0.6) is 0 Å². The molecule has 0 radical (unpaired) electrons. The monoisotopic (exact) mass is 355 g/mol. The molecule has 1 aliphatic heterocycles. The minimum atomic E-state index is -0.466. The predicted octanol–water partition coefficient (Wildman–Crippen LogP) is 3.18. The van der Waals surface area contributed by atoms with Crippen LogP contribution in [0.25, 0.3) is 0 Å². The molecule has 1 aliphatic rings. The number of likely N-dealkylation sites (tertiary alicyclic amines) is 1. The number of nitrogens with zero attached hydrogens (tertiary/aromatic N) is 1. The lowest BCUT2D eigenvalue weighted by Crippen LogP contribution is -2.47. The number of hydrogen-bond acceptors (Lipinski definition) is 2. The Bertz CT molecular complexity index is 749. The van der Waals surface area contributed by atoms with Crippen molar-refractivity contribution in [2.45, 2.75) is 25.3 Å². The SMILES string of the molecule is O=C(NCCc1ccccc1)[C@@H]1CCCN1C(=O)Nc1ccc(F)cc1. The van der Waals surface area contributed by atoms with Crippen molar-refractivity contribution in [3.8, 4) is 0 Å². The van der Waals surface area contributed by atoms with Crippen molar-refractivity contribution < 1.29 is 14.0 Å². The van der Waals surface area contributed by atoms with Crippen LogP contribution in [0.1, 0.15) is 18.4 Å². The van der Waals surface area contributed by atoms with Gasteiger partial charge >= 0.3 is 6.03 Å². The zero-order valence-electron chi connectivity index (χ0n) is 14.5. The summed E-state index contributed by atoms with van der Waals surface area (Å²) in [4.78, 5) is 26.5. The second-order valence-corrected chi connectivity index (χ2v) is 6.32. The molecule has 2 aromatic rings. The van der Waals surface area contributed by atoms with Crippen molar-refractivity contribution in [2.75, 3.05) is 18.4 Å². The van der Waals surface area contributed by atoms with Gasteiger partial charge in [-0.15, -0.1) is 0 Å². The molecular weight excluding hydrogens is 333 g/mol. The average molecular weight is 355 g/mol. The zero-order chi connectivity index (χ0) is 18.4. The lowest BCUT2D eigenvalue weighted by atomic mass is 10.1. The summed E-state index contributed by atoms with van der Waals surface area (Å²) in [7, 11) is 0. The van der Waals surface area contributed by atoms with Gasteiger partial charge in [0.15, 0.2) is 0 Å². The van der Waals surface area contributed by atoms with E-state index in [0.29, 0.717) is 25.2 Å². The first kappa shape index (κ1) is 17.9. The van der Waals surface area contributed by atoms with Gasteiger partial charge in [0.25, 0.3) is 0 Å². The number of urea groups is 1. The van der Waals surface area contributed by atoms with Crippen molar-refractivity contribution >= 4 is 17.6 Å². The number of hydrogen-bond donors (Lipinski definition) is 2. The first-order valence-corrected chi connectivity index (χ1v) is 8.78. The molecule has 26 heavy (non-hydrogen) atoms. The van der Waals surface area contributed by atoms with Crippen LogP contribution in [0.4, 0.5) is 14.9 Å². The predicted molar refractivity (Wildman–Crippen MR) is 98.3 cm³/mol. The van der Waals surface area contributed by atoms with E-state index in [4.69, 9.17) is 0 Å². The number of carbonyl (C=O) groups is 2. The number of rotatable bonds is 5. The summed E-state index contributed by atoms with van der Waals surface area (Å²) in [6, 6.07) is 14.7. The molecular formula is C20H22FN3O2. The fraction of sp³-hybridized carbons (Fsp3) is 0.300. The number of benzene rings is 2. The Balaban J connectivity index is 1.52. The Morgan fingerprint density at radius 3 is 2.54 bits per heavy atom. The van der Waals surface area contributed by atoms with E-state index in [9.17, 15) is 14.0 Å². The van der Waals surface area contributed by atoms with E-state index in [2.05, 4.69) is 10.6 Å². The summed E-state index contributed by atoms with van der Waals surface area (Å²) >= 11 is 0. The Hall–Kier alpha value is -2.89. The summed E-state index contributed by atoms with van der Waals surface area (Å²) < 4.78 is 13.0. The molecule has 1 fully saturated rings. The van der Waals surface area contributed by atoms with Gasteiger partial charge in [-0.1, -0.05) is 30.3 Å². The summed E-state index contributed by atoms with van der Waals surface area (Å²) in [6.07, 6.45) is 2.18. The van der Waals surface area contributed by atoms with Crippen LogP contribution >= 0.6 is 0 Å². The minimum Gasteiger partial charge on any atom is -0.354 e. The van der Waals surface area contributed by atoms with Crippen LogP contribution in [0, 0.1) is 5.82 Å². The summed E-state index contributed by atoms with van der Waals surface area (Å²) in [5.41, 5.74) is 1.66. The molecule has 0 aliphatic carbocycles. The summed E-state index contributed by atoms with van der Waals surface area (Å²) in [5.74, 6) is -0.493. The molecule has 0 spiro atoms. The molecule has 5 nitrogen and oxygen atoms in total. The van der Waals surface area contributed by atoms with E-state index in [0.717, 1.165) is 18.4 Å². The van der Waals surface area contributed by atoms with Crippen LogP contribution in [-0.2, 0) is 11.2 Å². The normalized spacial score (nSPS) is 16.3. The van der Waals surface area contributed by atoms with E-state index < -0.39 is 6.04 Å². The highest BCUT2D eigenvalue weighted by molar-refractivity contribution is 5.94. The number of nitrogens with one attached hydrogen (secondary N) is 2. The molecule has 1 saturated heterocycles. The van der Waals surface area contributed by atoms with E-state index in [1.54, 1.807) is 4.90 Å². The van der Waals surface area contributed by atoms with Crippen LogP contribution in [0.15, 0.2) is 54.6 Å². The maximum atomic E-state index is 13.0. The van der Waals surface area contributed by atoms with Gasteiger partial charge in [-0.2, -0.15) is 0 Å². The molecule has 3 rings (SSSR count). The molecule has 3 amide bonds. The van der Waals surface area contributed by atoms with E-state index in [-0.39, 0.29) is 17.8 Å². The Morgan fingerprint density at radius 1 is 1.08 bits per heavy atom. The molecule has 1 atom stereocenters. The number of anilines is 1. The summed E-state index contributed by atoms with van der Waals surface area (Å²) in [5, 5.41) is 5.64. The maximum absolute atomic E-state index is 13.0. The van der Waals surface area contributed by atoms with Gasteiger partial charge in [-0.25, -0.2) is 9.18 Å². The average Bonchev–Trinajstić information content (AvgIpc) is 3.14. The van der Waals surface area contributed by atoms with Gasteiger partial charge in [0.05, 0.1) is 0 Å². The van der Waals surface area contributed by atoms with Gasteiger partial charge < -0.3 is 15.5 Å². The molecule has 0 unspecified atom stereocenters. The maximum Gasteiger partial charge on any atom is 0.322 e. The quantitative estimate of drug-likeness (QED) is 0.865. The number of carbonyl (C=O) groups excluding carboxylic acids is 2. The third-order valence-electron chi connectivity index (χ3n) is 4.47. The van der Waals surface area contributed by atoms with Gasteiger partial charge in [0, 0.05) is 18.8 Å². The second kappa shape index (κ2) is 8.47. The third-order valence-corrected chi connectivity index (χ3v) is 4.47. The van der Waals surface area contributed by atoms with Crippen molar-refractivity contribution in [2.24, 2.45) is 0 Å². The highest BCUT2D eigenvalue weighted by Gasteiger charge is 2.33. The number of halogens is 1. The summed E-state index contributed by atoms with van der Waals surface area (Å²) in [6.45, 7) is 1.07. The van der Waals surface area contributed by atoms with E-state index >= 15 is 0 Å². The molecule has 1 heterocycles. The molecule has 0 saturated carbocycles. The lowest BCUT2D eigenvalue weighted by molar-refractivity contribution is -0.124. The Kier molecular flexibility index (Phi) is 5.84. The zero-order valence-corrected chi connectivity index (χ0v) is 14.5. The fourth-order valence-electron chi connectivity index (χ4n) is 3.10. The minimum absolute atomic E-state index is 0.132. The first-order valence-electron chi connectivity index (χ1n) is 8.78. The Morgan fingerprint density at radius 2 is 1.81 bits per heavy atom. The number of amides is 3. The highest BCUT2D eigenvalue weighted by Crippen LogP contribution is 2.19. The van der Waals surface area contributed by atoms with E-state index in [1.807, 2.05) is 30.3 Å². The topological polar surface area (TPSA) is 61.4 Å². The second-order valence-electron chi connectivity index (χ2n) is 6.32. The van der Waals surface area contributed by atoms with Crippen molar-refractivity contribution in [3.05, 3.63) is 66.0 Å². The fourth-order valence-corrected chi connectivity index (χ4v) is 3.10. The van der Waals surface area contributed by atoms with Crippen LogP contribution < -0.4 is 10.6 Å². The molecule has 6 heteroatoms. The molecule has 2 aromatic carbocycles. The smallest absolute Gasteiger partial charge is 0.322 e. The third kappa shape index (κ3) is 4.59. The van der Waals surface area contributed by atoms with Crippen molar-refractivity contribution in [1.82, 2.24) is 10.2 Å². The molecule has 2 N–H and O–H groups in total. The van der Waals surface area contributed by atoms with Gasteiger partial charge in [0.1, 0.15) is 11.9 Å². The lowest BCUT2D eigenvalue weighted by Gasteiger charge is -2.24. The van der Waals surface area contributed by atoms with E-state index in [1.165, 1.54) is 24.3 Å². The Labute approximate surface area is 152 Å². The largest absolute Gasteiger partial charge is 0.354 e.